The fourth-order valence-corrected chi connectivity index (χ4v) is 2.79. The Hall–Kier alpha value is -3.08. The van der Waals surface area contributed by atoms with Gasteiger partial charge in [-0.25, -0.2) is 4.79 Å². The van der Waals surface area contributed by atoms with Crippen molar-refractivity contribution in [3.63, 3.8) is 0 Å². The van der Waals surface area contributed by atoms with E-state index in [1.807, 2.05) is 24.3 Å². The van der Waals surface area contributed by atoms with Crippen LogP contribution in [0, 0.1) is 0 Å². The molecule has 5 heteroatoms. The van der Waals surface area contributed by atoms with Gasteiger partial charge in [0.05, 0.1) is 12.7 Å². The minimum atomic E-state index is -0.750. The number of ether oxygens (including phenoxy) is 3. The van der Waals surface area contributed by atoms with E-state index in [-0.39, 0.29) is 11.5 Å². The molecule has 1 aliphatic heterocycles. The van der Waals surface area contributed by atoms with Crippen LogP contribution in [0.25, 0.3) is 6.08 Å². The van der Waals surface area contributed by atoms with Crippen molar-refractivity contribution in [3.8, 4) is 11.5 Å². The number of ketones is 1. The Balaban J connectivity index is 1.79. The molecule has 0 saturated heterocycles. The molecule has 1 heterocycles. The highest BCUT2D eigenvalue weighted by Gasteiger charge is 2.28. The Bertz CT molecular complexity index is 893. The first kappa shape index (κ1) is 18.7. The highest BCUT2D eigenvalue weighted by Crippen LogP contribution is 2.35. The molecule has 1 aliphatic rings. The van der Waals surface area contributed by atoms with Gasteiger partial charge in [-0.3, -0.25) is 4.79 Å². The van der Waals surface area contributed by atoms with Gasteiger partial charge in [-0.15, -0.1) is 0 Å². The van der Waals surface area contributed by atoms with Gasteiger partial charge in [0.2, 0.25) is 5.78 Å². The summed E-state index contributed by atoms with van der Waals surface area (Å²) in [6.45, 7) is 5.86. The highest BCUT2D eigenvalue weighted by molar-refractivity contribution is 6.14. The van der Waals surface area contributed by atoms with Crippen LogP contribution in [0.3, 0.4) is 0 Å². The van der Waals surface area contributed by atoms with Crippen molar-refractivity contribution in [2.45, 2.75) is 32.8 Å². The number of allylic oxidation sites excluding steroid dienone is 1. The highest BCUT2D eigenvalue weighted by atomic mass is 16.6. The SMILES string of the molecule is COC(=O)[C@@H](C)Oc1ccc2c(c1)OC(=Cc1ccc(C(C)C)cc1)C2=O. The smallest absolute Gasteiger partial charge is 0.346 e. The van der Waals surface area contributed by atoms with Crippen LogP contribution in [0.1, 0.15) is 48.2 Å². The number of carbonyl (C=O) groups excluding carboxylic acids is 2. The molecule has 0 spiro atoms. The third-order valence-corrected chi connectivity index (χ3v) is 4.39. The summed E-state index contributed by atoms with van der Waals surface area (Å²) >= 11 is 0. The van der Waals surface area contributed by atoms with Gasteiger partial charge in [-0.1, -0.05) is 38.1 Å². The van der Waals surface area contributed by atoms with Crippen molar-refractivity contribution in [2.24, 2.45) is 0 Å². The maximum Gasteiger partial charge on any atom is 0.346 e. The standard InChI is InChI=1S/C22H22O5/c1-13(2)16-7-5-15(6-8-16)11-20-21(23)18-10-9-17(12-19(18)27-20)26-14(3)22(24)25-4/h5-14H,1-4H3/t14-/m1/s1. The number of hydrogen-bond acceptors (Lipinski definition) is 5. The third-order valence-electron chi connectivity index (χ3n) is 4.39. The van der Waals surface area contributed by atoms with Gasteiger partial charge in [0.25, 0.3) is 0 Å². The maximum absolute atomic E-state index is 12.6. The molecule has 0 N–H and O–H groups in total. The van der Waals surface area contributed by atoms with Crippen LogP contribution in [0.15, 0.2) is 48.2 Å². The van der Waals surface area contributed by atoms with E-state index in [4.69, 9.17) is 9.47 Å². The molecule has 0 aliphatic carbocycles. The van der Waals surface area contributed by atoms with E-state index >= 15 is 0 Å². The van der Waals surface area contributed by atoms with Crippen LogP contribution >= 0.6 is 0 Å². The lowest BCUT2D eigenvalue weighted by atomic mass is 10.0. The molecule has 0 radical (unpaired) electrons. The molecule has 1 atom stereocenters. The molecule has 0 aromatic heterocycles. The molecule has 27 heavy (non-hydrogen) atoms. The molecule has 5 nitrogen and oxygen atoms in total. The average molecular weight is 366 g/mol. The zero-order valence-corrected chi connectivity index (χ0v) is 15.8. The van der Waals surface area contributed by atoms with Crippen molar-refractivity contribution < 1.29 is 23.8 Å². The Kier molecular flexibility index (Phi) is 5.31. The number of Topliss-reactive ketones (excluding diaryl/α,β-unsaturated/α-hetero) is 1. The molecule has 0 bridgehead atoms. The maximum atomic E-state index is 12.6. The van der Waals surface area contributed by atoms with Crippen LogP contribution in [-0.2, 0) is 9.53 Å². The Labute approximate surface area is 158 Å². The number of methoxy groups -OCH3 is 1. The Morgan fingerprint density at radius 3 is 2.41 bits per heavy atom. The topological polar surface area (TPSA) is 61.8 Å². The summed E-state index contributed by atoms with van der Waals surface area (Å²) in [5.74, 6) is 0.914. The largest absolute Gasteiger partial charge is 0.479 e. The molecule has 0 amide bonds. The van der Waals surface area contributed by atoms with Crippen molar-refractivity contribution in [2.75, 3.05) is 7.11 Å². The van der Waals surface area contributed by atoms with Crippen LogP contribution in [0.2, 0.25) is 0 Å². The summed E-state index contributed by atoms with van der Waals surface area (Å²) in [5, 5.41) is 0. The predicted molar refractivity (Wildman–Crippen MR) is 102 cm³/mol. The first-order chi connectivity index (χ1) is 12.9. The number of benzene rings is 2. The Morgan fingerprint density at radius 2 is 1.78 bits per heavy atom. The third kappa shape index (κ3) is 4.03. The van der Waals surface area contributed by atoms with E-state index in [0.717, 1.165) is 5.56 Å². The lowest BCUT2D eigenvalue weighted by Gasteiger charge is -2.12. The predicted octanol–water partition coefficient (Wildman–Crippen LogP) is 4.37. The lowest BCUT2D eigenvalue weighted by molar-refractivity contribution is -0.147. The quantitative estimate of drug-likeness (QED) is 0.581. The van der Waals surface area contributed by atoms with Gasteiger partial charge < -0.3 is 14.2 Å². The minimum Gasteiger partial charge on any atom is -0.479 e. The van der Waals surface area contributed by atoms with Crippen LogP contribution < -0.4 is 9.47 Å². The number of fused-ring (bicyclic) bond motifs is 1. The average Bonchev–Trinajstić information content (AvgIpc) is 2.96. The van der Waals surface area contributed by atoms with Gasteiger partial charge in [0.1, 0.15) is 11.5 Å². The van der Waals surface area contributed by atoms with Crippen molar-refractivity contribution in [1.29, 1.82) is 0 Å². The van der Waals surface area contributed by atoms with Crippen LogP contribution in [0.5, 0.6) is 11.5 Å². The summed E-state index contributed by atoms with van der Waals surface area (Å²) in [5.41, 5.74) is 2.60. The van der Waals surface area contributed by atoms with E-state index < -0.39 is 12.1 Å². The number of rotatable bonds is 5. The van der Waals surface area contributed by atoms with E-state index in [1.165, 1.54) is 12.7 Å². The van der Waals surface area contributed by atoms with E-state index in [2.05, 4.69) is 18.6 Å². The molecule has 2 aromatic carbocycles. The molecule has 0 saturated carbocycles. The second-order valence-corrected chi connectivity index (χ2v) is 6.70. The first-order valence-corrected chi connectivity index (χ1v) is 8.81. The van der Waals surface area contributed by atoms with Gasteiger partial charge in [0, 0.05) is 6.07 Å². The van der Waals surface area contributed by atoms with E-state index in [9.17, 15) is 9.59 Å². The van der Waals surface area contributed by atoms with Crippen LogP contribution in [-0.4, -0.2) is 25.0 Å². The fourth-order valence-electron chi connectivity index (χ4n) is 2.79. The van der Waals surface area contributed by atoms with Gasteiger partial charge >= 0.3 is 5.97 Å². The molecule has 2 aromatic rings. The monoisotopic (exact) mass is 366 g/mol. The first-order valence-electron chi connectivity index (χ1n) is 8.81. The zero-order valence-electron chi connectivity index (χ0n) is 15.8. The van der Waals surface area contributed by atoms with E-state index in [1.54, 1.807) is 31.2 Å². The molecule has 3 rings (SSSR count). The number of esters is 1. The Morgan fingerprint density at radius 1 is 1.07 bits per heavy atom. The second-order valence-electron chi connectivity index (χ2n) is 6.70. The van der Waals surface area contributed by atoms with Crippen molar-refractivity contribution >= 4 is 17.8 Å². The summed E-state index contributed by atoms with van der Waals surface area (Å²) in [6.07, 6.45) is 0.976. The summed E-state index contributed by atoms with van der Waals surface area (Å²) in [7, 11) is 1.30. The second kappa shape index (κ2) is 7.66. The van der Waals surface area contributed by atoms with Crippen molar-refractivity contribution in [3.05, 3.63) is 64.9 Å². The minimum absolute atomic E-state index is 0.175. The van der Waals surface area contributed by atoms with Gasteiger partial charge in [-0.05, 0) is 42.2 Å². The molecule has 0 fully saturated rings. The summed E-state index contributed by atoms with van der Waals surface area (Å²) in [6, 6.07) is 12.9. The molecular formula is C22H22O5. The summed E-state index contributed by atoms with van der Waals surface area (Å²) < 4.78 is 15.9. The van der Waals surface area contributed by atoms with Gasteiger partial charge in [-0.2, -0.15) is 0 Å². The zero-order chi connectivity index (χ0) is 19.6. The molecule has 0 unspecified atom stereocenters. The lowest BCUT2D eigenvalue weighted by Crippen LogP contribution is -2.24. The normalized spacial score (nSPS) is 15.4. The number of carbonyl (C=O) groups is 2. The number of hydrogen-bond donors (Lipinski definition) is 0. The van der Waals surface area contributed by atoms with Gasteiger partial charge in [0.15, 0.2) is 11.9 Å². The van der Waals surface area contributed by atoms with Crippen LogP contribution in [0.4, 0.5) is 0 Å². The summed E-state index contributed by atoms with van der Waals surface area (Å²) in [4.78, 5) is 24.0. The molecule has 140 valence electrons. The fraction of sp³-hybridized carbons (Fsp3) is 0.273. The van der Waals surface area contributed by atoms with E-state index in [0.29, 0.717) is 23.0 Å². The molecular weight excluding hydrogens is 344 g/mol. The van der Waals surface area contributed by atoms with Crippen molar-refractivity contribution in [1.82, 2.24) is 0 Å².